The average molecular weight is 374 g/mol. The lowest BCUT2D eigenvalue weighted by Crippen LogP contribution is -2.50. The van der Waals surface area contributed by atoms with E-state index in [4.69, 9.17) is 4.74 Å². The molecule has 148 valence electrons. The van der Waals surface area contributed by atoms with Crippen LogP contribution in [-0.4, -0.2) is 92.0 Å². The van der Waals surface area contributed by atoms with Crippen molar-refractivity contribution < 1.29 is 14.3 Å². The summed E-state index contributed by atoms with van der Waals surface area (Å²) in [5.74, 6) is 0.908. The molecule has 0 atom stereocenters. The Kier molecular flexibility index (Phi) is 7.06. The highest BCUT2D eigenvalue weighted by molar-refractivity contribution is 5.97. The van der Waals surface area contributed by atoms with Crippen molar-refractivity contribution in [1.82, 2.24) is 20.0 Å². The van der Waals surface area contributed by atoms with E-state index in [0.717, 1.165) is 45.8 Å². The van der Waals surface area contributed by atoms with E-state index < -0.39 is 0 Å². The number of rotatable bonds is 6. The molecule has 0 saturated carbocycles. The third kappa shape index (κ3) is 5.20. The highest BCUT2D eigenvalue weighted by atomic mass is 16.5. The number of amides is 2. The fraction of sp³-hybridized carbons (Fsp3) is 0.600. The Morgan fingerprint density at radius 2 is 1.70 bits per heavy atom. The highest BCUT2D eigenvalue weighted by Crippen LogP contribution is 2.20. The van der Waals surface area contributed by atoms with Crippen LogP contribution in [0.2, 0.25) is 0 Å². The van der Waals surface area contributed by atoms with Crippen LogP contribution >= 0.6 is 0 Å². The Morgan fingerprint density at radius 1 is 1.00 bits per heavy atom. The first-order valence-corrected chi connectivity index (χ1v) is 9.91. The molecule has 1 N–H and O–H groups in total. The van der Waals surface area contributed by atoms with Crippen molar-refractivity contribution in [2.45, 2.75) is 13.3 Å². The number of ether oxygens (including phenoxy) is 1. The molecule has 7 heteroatoms. The summed E-state index contributed by atoms with van der Waals surface area (Å²) in [6.45, 7) is 9.57. The lowest BCUT2D eigenvalue weighted by Gasteiger charge is -2.35. The molecule has 0 spiro atoms. The summed E-state index contributed by atoms with van der Waals surface area (Å²) >= 11 is 0. The van der Waals surface area contributed by atoms with E-state index in [2.05, 4.69) is 10.2 Å². The van der Waals surface area contributed by atoms with Crippen LogP contribution in [0.4, 0.5) is 0 Å². The number of hydrogen-bond donors (Lipinski definition) is 1. The minimum Gasteiger partial charge on any atom is -0.493 e. The second-order valence-electron chi connectivity index (χ2n) is 6.94. The van der Waals surface area contributed by atoms with Crippen molar-refractivity contribution in [3.63, 3.8) is 0 Å². The monoisotopic (exact) mass is 374 g/mol. The first-order chi connectivity index (χ1) is 13.2. The second-order valence-corrected chi connectivity index (χ2v) is 6.94. The smallest absolute Gasteiger partial charge is 0.257 e. The number of piperazine rings is 2. The van der Waals surface area contributed by atoms with Crippen LogP contribution in [0.3, 0.4) is 0 Å². The first-order valence-electron chi connectivity index (χ1n) is 9.91. The van der Waals surface area contributed by atoms with Crippen molar-refractivity contribution in [3.05, 3.63) is 29.8 Å². The molecule has 2 saturated heterocycles. The molecule has 0 unspecified atom stereocenters. The summed E-state index contributed by atoms with van der Waals surface area (Å²) < 4.78 is 5.59. The van der Waals surface area contributed by atoms with Gasteiger partial charge in [0.15, 0.2) is 0 Å². The Hall–Kier alpha value is -2.12. The normalized spacial score (nSPS) is 18.4. The summed E-state index contributed by atoms with van der Waals surface area (Å²) in [4.78, 5) is 31.2. The van der Waals surface area contributed by atoms with Crippen LogP contribution in [0.5, 0.6) is 5.75 Å². The quantitative estimate of drug-likeness (QED) is 0.793. The molecule has 0 aliphatic carbocycles. The standard InChI is InChI=1S/C20H30N4O3/c1-2-27-18-6-4-3-5-17(18)20(26)24-15-13-22(14-16-24)10-7-19(25)23-11-8-21-9-12-23/h3-6,21H,2,7-16H2,1H3. The van der Waals surface area contributed by atoms with Gasteiger partial charge in [-0.2, -0.15) is 0 Å². The molecular weight excluding hydrogens is 344 g/mol. The Labute approximate surface area is 161 Å². The molecule has 2 aliphatic rings. The third-order valence-corrected chi connectivity index (χ3v) is 5.19. The maximum Gasteiger partial charge on any atom is 0.257 e. The zero-order valence-electron chi connectivity index (χ0n) is 16.2. The highest BCUT2D eigenvalue weighted by Gasteiger charge is 2.25. The number of carbonyl (C=O) groups is 2. The number of benzene rings is 1. The molecule has 2 aliphatic heterocycles. The maximum absolute atomic E-state index is 12.8. The van der Waals surface area contributed by atoms with Crippen molar-refractivity contribution >= 4 is 11.8 Å². The van der Waals surface area contributed by atoms with Gasteiger partial charge in [-0.3, -0.25) is 14.5 Å². The predicted octanol–water partition coefficient (Wildman–Crippen LogP) is 0.665. The molecule has 7 nitrogen and oxygen atoms in total. The van der Waals surface area contributed by atoms with E-state index in [1.165, 1.54) is 0 Å². The van der Waals surface area contributed by atoms with E-state index in [-0.39, 0.29) is 11.8 Å². The fourth-order valence-electron chi connectivity index (χ4n) is 3.60. The van der Waals surface area contributed by atoms with Crippen molar-refractivity contribution in [1.29, 1.82) is 0 Å². The van der Waals surface area contributed by atoms with Crippen LogP contribution in [0.25, 0.3) is 0 Å². The van der Waals surface area contributed by atoms with Gasteiger partial charge in [0.25, 0.3) is 5.91 Å². The summed E-state index contributed by atoms with van der Waals surface area (Å²) in [6, 6.07) is 7.42. The number of nitrogens with zero attached hydrogens (tertiary/aromatic N) is 3. The van der Waals surface area contributed by atoms with Gasteiger partial charge in [0.2, 0.25) is 5.91 Å². The molecule has 0 aromatic heterocycles. The van der Waals surface area contributed by atoms with E-state index in [0.29, 0.717) is 37.4 Å². The first kappa shape index (κ1) is 19.6. The molecule has 2 fully saturated rings. The van der Waals surface area contributed by atoms with Gasteiger partial charge in [-0.15, -0.1) is 0 Å². The van der Waals surface area contributed by atoms with Crippen molar-refractivity contribution in [3.8, 4) is 5.75 Å². The van der Waals surface area contributed by atoms with E-state index in [1.807, 2.05) is 41.0 Å². The summed E-state index contributed by atoms with van der Waals surface area (Å²) in [7, 11) is 0. The predicted molar refractivity (Wildman–Crippen MR) is 104 cm³/mol. The largest absolute Gasteiger partial charge is 0.493 e. The lowest BCUT2D eigenvalue weighted by molar-refractivity contribution is -0.132. The van der Waals surface area contributed by atoms with Gasteiger partial charge in [-0.25, -0.2) is 0 Å². The van der Waals surface area contributed by atoms with E-state index in [9.17, 15) is 9.59 Å². The Morgan fingerprint density at radius 3 is 2.41 bits per heavy atom. The molecule has 2 amide bonds. The molecule has 1 aromatic rings. The summed E-state index contributed by atoms with van der Waals surface area (Å²) in [5.41, 5.74) is 0.627. The van der Waals surface area contributed by atoms with Crippen LogP contribution < -0.4 is 10.1 Å². The molecule has 27 heavy (non-hydrogen) atoms. The van der Waals surface area contributed by atoms with Gasteiger partial charge in [0.1, 0.15) is 5.75 Å². The van der Waals surface area contributed by atoms with E-state index in [1.54, 1.807) is 0 Å². The van der Waals surface area contributed by atoms with Crippen LogP contribution in [-0.2, 0) is 4.79 Å². The van der Waals surface area contributed by atoms with Gasteiger partial charge < -0.3 is 19.9 Å². The molecule has 0 radical (unpaired) electrons. The van der Waals surface area contributed by atoms with Crippen LogP contribution in [0.1, 0.15) is 23.7 Å². The van der Waals surface area contributed by atoms with Gasteiger partial charge in [-0.05, 0) is 19.1 Å². The van der Waals surface area contributed by atoms with Gasteiger partial charge in [0.05, 0.1) is 12.2 Å². The molecule has 1 aromatic carbocycles. The summed E-state index contributed by atoms with van der Waals surface area (Å²) in [6.07, 6.45) is 0.557. The number of hydrogen-bond acceptors (Lipinski definition) is 5. The maximum atomic E-state index is 12.8. The third-order valence-electron chi connectivity index (χ3n) is 5.19. The minimum absolute atomic E-state index is 0.0237. The van der Waals surface area contributed by atoms with Crippen LogP contribution in [0.15, 0.2) is 24.3 Å². The number of nitrogens with one attached hydrogen (secondary N) is 1. The van der Waals surface area contributed by atoms with Gasteiger partial charge >= 0.3 is 0 Å². The minimum atomic E-state index is 0.0237. The zero-order chi connectivity index (χ0) is 19.1. The van der Waals surface area contributed by atoms with Gasteiger partial charge in [-0.1, -0.05) is 12.1 Å². The van der Waals surface area contributed by atoms with Crippen molar-refractivity contribution in [2.24, 2.45) is 0 Å². The molecule has 3 rings (SSSR count). The van der Waals surface area contributed by atoms with Crippen molar-refractivity contribution in [2.75, 3.05) is 65.5 Å². The number of para-hydroxylation sites is 1. The summed E-state index contributed by atoms with van der Waals surface area (Å²) in [5, 5.41) is 3.27. The zero-order valence-corrected chi connectivity index (χ0v) is 16.2. The van der Waals surface area contributed by atoms with E-state index >= 15 is 0 Å². The topological polar surface area (TPSA) is 65.1 Å². The molecular formula is C20H30N4O3. The lowest BCUT2D eigenvalue weighted by atomic mass is 10.1. The van der Waals surface area contributed by atoms with Gasteiger partial charge in [0, 0.05) is 65.3 Å². The second kappa shape index (κ2) is 9.71. The fourth-order valence-corrected chi connectivity index (χ4v) is 3.60. The molecule has 0 bridgehead atoms. The number of carbonyl (C=O) groups excluding carboxylic acids is 2. The Balaban J connectivity index is 1.46. The average Bonchev–Trinajstić information content (AvgIpc) is 2.73. The van der Waals surface area contributed by atoms with Crippen LogP contribution in [0, 0.1) is 0 Å². The molecule has 2 heterocycles. The Bertz CT molecular complexity index is 638. The SMILES string of the molecule is CCOc1ccccc1C(=O)N1CCN(CCC(=O)N2CCNCC2)CC1.